The van der Waals surface area contributed by atoms with Gasteiger partial charge in [0.05, 0.1) is 0 Å². The Hall–Kier alpha value is -0.120. The topological polar surface area (TPSA) is 32.5 Å². The zero-order valence-electron chi connectivity index (χ0n) is 13.2. The normalized spacial score (nSPS) is 33.1. The van der Waals surface area contributed by atoms with Gasteiger partial charge in [0.15, 0.2) is 0 Å². The molecular formula is C17H33N3. The third-order valence-electron chi connectivity index (χ3n) is 6.16. The minimum atomic E-state index is 0.348. The fraction of sp³-hybridized carbons (Fsp3) is 1.00. The Kier molecular flexibility index (Phi) is 5.00. The molecule has 1 saturated carbocycles. The second kappa shape index (κ2) is 6.76. The molecule has 1 atom stereocenters. The summed E-state index contributed by atoms with van der Waals surface area (Å²) in [6.07, 6.45) is 14.0. The Morgan fingerprint density at radius 3 is 2.15 bits per heavy atom. The van der Waals surface area contributed by atoms with E-state index in [1.54, 1.807) is 0 Å². The van der Waals surface area contributed by atoms with E-state index in [0.717, 1.165) is 12.6 Å². The number of piperidine rings is 1. The Morgan fingerprint density at radius 2 is 1.50 bits per heavy atom. The third kappa shape index (κ3) is 3.05. The minimum absolute atomic E-state index is 0.348. The number of hydrogen-bond acceptors (Lipinski definition) is 3. The maximum absolute atomic E-state index is 6.26. The van der Waals surface area contributed by atoms with E-state index in [1.807, 2.05) is 0 Å². The van der Waals surface area contributed by atoms with Crippen LogP contribution < -0.4 is 5.73 Å². The van der Waals surface area contributed by atoms with Crippen LogP contribution in [0.2, 0.25) is 0 Å². The molecule has 0 amide bonds. The monoisotopic (exact) mass is 279 g/mol. The van der Waals surface area contributed by atoms with Gasteiger partial charge in [-0.15, -0.1) is 0 Å². The second-order valence-electron chi connectivity index (χ2n) is 7.33. The van der Waals surface area contributed by atoms with Crippen LogP contribution >= 0.6 is 0 Å². The van der Waals surface area contributed by atoms with Gasteiger partial charge in [0.25, 0.3) is 0 Å². The lowest BCUT2D eigenvalue weighted by Crippen LogP contribution is -2.53. The van der Waals surface area contributed by atoms with E-state index < -0.39 is 0 Å². The fourth-order valence-electron chi connectivity index (χ4n) is 4.79. The van der Waals surface area contributed by atoms with Crippen LogP contribution in [0.25, 0.3) is 0 Å². The fourth-order valence-corrected chi connectivity index (χ4v) is 4.79. The summed E-state index contributed by atoms with van der Waals surface area (Å²) in [6, 6.07) is 0.821. The molecule has 2 N–H and O–H groups in total. The first-order valence-corrected chi connectivity index (χ1v) is 9.03. The van der Waals surface area contributed by atoms with Gasteiger partial charge < -0.3 is 5.73 Å². The van der Waals surface area contributed by atoms with Crippen LogP contribution in [0.5, 0.6) is 0 Å². The molecule has 2 heterocycles. The first kappa shape index (κ1) is 14.8. The first-order chi connectivity index (χ1) is 9.84. The van der Waals surface area contributed by atoms with Gasteiger partial charge in [0.2, 0.25) is 0 Å². The highest BCUT2D eigenvalue weighted by molar-refractivity contribution is 4.98. The van der Waals surface area contributed by atoms with Gasteiger partial charge in [0, 0.05) is 31.2 Å². The Morgan fingerprint density at radius 1 is 0.850 bits per heavy atom. The molecule has 2 aliphatic heterocycles. The lowest BCUT2D eigenvalue weighted by atomic mass is 9.88. The van der Waals surface area contributed by atoms with Crippen LogP contribution in [-0.4, -0.2) is 54.1 Å². The summed E-state index contributed by atoms with van der Waals surface area (Å²) in [5.74, 6) is 0. The maximum Gasteiger partial charge on any atom is 0.0332 e. The molecule has 3 aliphatic rings. The molecular weight excluding hydrogens is 246 g/mol. The standard InChI is InChI=1S/C17H33N3/c18-15-17(9-4-1-2-5-10-17)20-13-8-16(14-20)19-11-6-3-7-12-19/h16H,1-15,18H2. The van der Waals surface area contributed by atoms with Gasteiger partial charge in [-0.3, -0.25) is 9.80 Å². The minimum Gasteiger partial charge on any atom is -0.329 e. The van der Waals surface area contributed by atoms with Crippen LogP contribution in [0.15, 0.2) is 0 Å². The van der Waals surface area contributed by atoms with Crippen molar-refractivity contribution in [3.63, 3.8) is 0 Å². The van der Waals surface area contributed by atoms with Gasteiger partial charge in [-0.25, -0.2) is 0 Å². The summed E-state index contributed by atoms with van der Waals surface area (Å²) in [4.78, 5) is 5.56. The predicted octanol–water partition coefficient (Wildman–Crippen LogP) is 2.60. The van der Waals surface area contributed by atoms with Crippen molar-refractivity contribution >= 4 is 0 Å². The molecule has 116 valence electrons. The summed E-state index contributed by atoms with van der Waals surface area (Å²) in [6.45, 7) is 6.14. The second-order valence-corrected chi connectivity index (χ2v) is 7.33. The first-order valence-electron chi connectivity index (χ1n) is 9.03. The summed E-state index contributed by atoms with van der Waals surface area (Å²) in [7, 11) is 0. The molecule has 1 aliphatic carbocycles. The van der Waals surface area contributed by atoms with Crippen LogP contribution in [0.4, 0.5) is 0 Å². The zero-order valence-corrected chi connectivity index (χ0v) is 13.2. The van der Waals surface area contributed by atoms with Crippen molar-refractivity contribution in [3.8, 4) is 0 Å². The zero-order chi connectivity index (χ0) is 13.8. The summed E-state index contributed by atoms with van der Waals surface area (Å²) in [5.41, 5.74) is 6.60. The van der Waals surface area contributed by atoms with Gasteiger partial charge in [-0.05, 0) is 45.2 Å². The van der Waals surface area contributed by atoms with Crippen molar-refractivity contribution in [1.82, 2.24) is 9.80 Å². The van der Waals surface area contributed by atoms with Crippen molar-refractivity contribution in [2.45, 2.75) is 75.8 Å². The van der Waals surface area contributed by atoms with E-state index in [4.69, 9.17) is 5.73 Å². The Bertz CT molecular complexity index is 291. The highest BCUT2D eigenvalue weighted by Gasteiger charge is 2.40. The molecule has 0 radical (unpaired) electrons. The maximum atomic E-state index is 6.26. The third-order valence-corrected chi connectivity index (χ3v) is 6.16. The highest BCUT2D eigenvalue weighted by atomic mass is 15.3. The van der Waals surface area contributed by atoms with Gasteiger partial charge in [0.1, 0.15) is 0 Å². The van der Waals surface area contributed by atoms with Gasteiger partial charge in [-0.2, -0.15) is 0 Å². The van der Waals surface area contributed by atoms with Crippen molar-refractivity contribution in [2.24, 2.45) is 5.73 Å². The molecule has 3 heteroatoms. The summed E-state index contributed by atoms with van der Waals surface area (Å²) in [5, 5.41) is 0. The van der Waals surface area contributed by atoms with Crippen molar-refractivity contribution in [1.29, 1.82) is 0 Å². The van der Waals surface area contributed by atoms with Crippen LogP contribution in [-0.2, 0) is 0 Å². The average Bonchev–Trinajstić information content (AvgIpc) is 2.88. The van der Waals surface area contributed by atoms with E-state index in [9.17, 15) is 0 Å². The van der Waals surface area contributed by atoms with E-state index in [2.05, 4.69) is 9.80 Å². The number of nitrogens with zero attached hydrogens (tertiary/aromatic N) is 2. The van der Waals surface area contributed by atoms with E-state index in [0.29, 0.717) is 5.54 Å². The summed E-state index contributed by atoms with van der Waals surface area (Å²) >= 11 is 0. The number of rotatable bonds is 3. The molecule has 0 aromatic heterocycles. The summed E-state index contributed by atoms with van der Waals surface area (Å²) < 4.78 is 0. The lowest BCUT2D eigenvalue weighted by molar-refractivity contribution is 0.0872. The van der Waals surface area contributed by atoms with Gasteiger partial charge in [-0.1, -0.05) is 32.1 Å². The smallest absolute Gasteiger partial charge is 0.0332 e. The highest BCUT2D eigenvalue weighted by Crippen LogP contribution is 2.35. The Labute approximate surface area is 124 Å². The van der Waals surface area contributed by atoms with E-state index in [-0.39, 0.29) is 0 Å². The molecule has 3 nitrogen and oxygen atoms in total. The Balaban J connectivity index is 1.62. The van der Waals surface area contributed by atoms with Crippen LogP contribution in [0, 0.1) is 0 Å². The van der Waals surface area contributed by atoms with Crippen molar-refractivity contribution in [3.05, 3.63) is 0 Å². The SMILES string of the molecule is NCC1(N2CCC(N3CCCCC3)C2)CCCCCC1. The molecule has 0 aromatic carbocycles. The van der Waals surface area contributed by atoms with Crippen LogP contribution in [0.1, 0.15) is 64.2 Å². The quantitative estimate of drug-likeness (QED) is 0.806. The average molecular weight is 279 g/mol. The molecule has 0 spiro atoms. The largest absolute Gasteiger partial charge is 0.329 e. The van der Waals surface area contributed by atoms with Gasteiger partial charge >= 0.3 is 0 Å². The van der Waals surface area contributed by atoms with Crippen molar-refractivity contribution < 1.29 is 0 Å². The van der Waals surface area contributed by atoms with E-state index >= 15 is 0 Å². The number of nitrogens with two attached hydrogens (primary N) is 1. The molecule has 3 rings (SSSR count). The van der Waals surface area contributed by atoms with E-state index in [1.165, 1.54) is 90.4 Å². The molecule has 0 bridgehead atoms. The van der Waals surface area contributed by atoms with Crippen LogP contribution in [0.3, 0.4) is 0 Å². The molecule has 0 aromatic rings. The van der Waals surface area contributed by atoms with Crippen molar-refractivity contribution in [2.75, 3.05) is 32.7 Å². The predicted molar refractivity (Wildman–Crippen MR) is 84.9 cm³/mol. The molecule has 2 saturated heterocycles. The number of likely N-dealkylation sites (tertiary alicyclic amines) is 2. The number of hydrogen-bond donors (Lipinski definition) is 1. The molecule has 3 fully saturated rings. The molecule has 1 unspecified atom stereocenters. The lowest BCUT2D eigenvalue weighted by Gasteiger charge is -2.42. The molecule has 20 heavy (non-hydrogen) atoms.